The molecule has 1 aliphatic rings. The number of halogens is 2. The number of anilines is 1. The lowest BCUT2D eigenvalue weighted by Gasteiger charge is -2.31. The van der Waals surface area contributed by atoms with Crippen molar-refractivity contribution in [1.29, 1.82) is 0 Å². The molecule has 2 aromatic carbocycles. The summed E-state index contributed by atoms with van der Waals surface area (Å²) in [5.74, 6) is 0.234. The van der Waals surface area contributed by atoms with Crippen LogP contribution in [0.3, 0.4) is 0 Å². The van der Waals surface area contributed by atoms with Crippen LogP contribution >= 0.6 is 23.2 Å². The van der Waals surface area contributed by atoms with Crippen LogP contribution in [0.2, 0.25) is 10.0 Å². The lowest BCUT2D eigenvalue weighted by molar-refractivity contribution is -0.120. The van der Waals surface area contributed by atoms with Crippen molar-refractivity contribution in [3.63, 3.8) is 0 Å². The average molecular weight is 487 g/mol. The number of sulfonamides is 1. The number of nitrogens with one attached hydrogen (secondary N) is 1. The van der Waals surface area contributed by atoms with Crippen LogP contribution in [0.5, 0.6) is 11.5 Å². The molecule has 1 heterocycles. The van der Waals surface area contributed by atoms with Crippen molar-refractivity contribution in [2.24, 2.45) is 5.92 Å². The molecule has 10 heteroatoms. The van der Waals surface area contributed by atoms with Crippen LogP contribution in [0.15, 0.2) is 41.3 Å². The van der Waals surface area contributed by atoms with Gasteiger partial charge in [-0.25, -0.2) is 8.42 Å². The Balaban J connectivity index is 1.70. The molecule has 0 radical (unpaired) electrons. The second kappa shape index (κ2) is 10.1. The summed E-state index contributed by atoms with van der Waals surface area (Å²) in [6.07, 6.45) is 0.775. The van der Waals surface area contributed by atoms with Crippen LogP contribution in [0.25, 0.3) is 0 Å². The van der Waals surface area contributed by atoms with Gasteiger partial charge in [0, 0.05) is 29.1 Å². The third kappa shape index (κ3) is 5.44. The van der Waals surface area contributed by atoms with Crippen LogP contribution in [-0.2, 0) is 14.8 Å². The average Bonchev–Trinajstić information content (AvgIpc) is 2.75. The highest BCUT2D eigenvalue weighted by molar-refractivity contribution is 7.89. The molecule has 1 N–H and O–H groups in total. The number of rotatable bonds is 7. The van der Waals surface area contributed by atoms with E-state index in [9.17, 15) is 13.2 Å². The van der Waals surface area contributed by atoms with Crippen molar-refractivity contribution in [3.05, 3.63) is 46.4 Å². The molecule has 2 aromatic rings. The highest BCUT2D eigenvalue weighted by atomic mass is 35.5. The monoisotopic (exact) mass is 486 g/mol. The van der Waals surface area contributed by atoms with E-state index in [1.54, 1.807) is 37.3 Å². The van der Waals surface area contributed by atoms with E-state index in [4.69, 9.17) is 32.7 Å². The van der Waals surface area contributed by atoms with E-state index in [0.717, 1.165) is 0 Å². The van der Waals surface area contributed by atoms with Gasteiger partial charge < -0.3 is 14.8 Å². The predicted octanol–water partition coefficient (Wildman–Crippen LogP) is 4.44. The largest absolute Gasteiger partial charge is 0.495 e. The summed E-state index contributed by atoms with van der Waals surface area (Å²) in [5, 5.41) is 3.62. The van der Waals surface area contributed by atoms with E-state index in [1.807, 2.05) is 0 Å². The zero-order valence-corrected chi connectivity index (χ0v) is 19.6. The smallest absolute Gasteiger partial charge is 0.246 e. The van der Waals surface area contributed by atoms with Crippen LogP contribution in [0.1, 0.15) is 19.8 Å². The normalized spacial score (nSPS) is 15.5. The first-order chi connectivity index (χ1) is 14.8. The lowest BCUT2D eigenvalue weighted by Crippen LogP contribution is -2.41. The zero-order valence-electron chi connectivity index (χ0n) is 17.2. The maximum Gasteiger partial charge on any atom is 0.246 e. The molecular weight excluding hydrogens is 463 g/mol. The first-order valence-electron chi connectivity index (χ1n) is 9.83. The molecule has 168 valence electrons. The van der Waals surface area contributed by atoms with Crippen molar-refractivity contribution >= 4 is 44.8 Å². The molecule has 1 amide bonds. The fourth-order valence-corrected chi connectivity index (χ4v) is 5.50. The molecule has 0 spiro atoms. The summed E-state index contributed by atoms with van der Waals surface area (Å²) in [4.78, 5) is 12.8. The lowest BCUT2D eigenvalue weighted by atomic mass is 9.97. The van der Waals surface area contributed by atoms with E-state index in [-0.39, 0.29) is 35.6 Å². The molecule has 1 saturated heterocycles. The Kier molecular flexibility index (Phi) is 7.69. The number of hydrogen-bond acceptors (Lipinski definition) is 5. The number of nitrogens with zero attached hydrogens (tertiary/aromatic N) is 1. The molecule has 0 atom stereocenters. The zero-order chi connectivity index (χ0) is 22.6. The van der Waals surface area contributed by atoms with E-state index in [1.165, 1.54) is 17.5 Å². The van der Waals surface area contributed by atoms with E-state index >= 15 is 0 Å². The van der Waals surface area contributed by atoms with Gasteiger partial charge in [0.25, 0.3) is 0 Å². The standard InChI is InChI=1S/C21H24Cl2N2O5S/c1-3-30-19-7-5-16(23)13-20(19)31(27,28)25-10-8-14(9-11-25)21(26)24-17-12-15(22)4-6-18(17)29-2/h4-7,12-14H,3,8-11H2,1-2H3,(H,24,26). The number of amides is 1. The number of carbonyl (C=O) groups is 1. The first kappa shape index (κ1) is 23.7. The van der Waals surface area contributed by atoms with Gasteiger partial charge in [-0.2, -0.15) is 4.31 Å². The molecule has 0 aliphatic carbocycles. The van der Waals surface area contributed by atoms with Gasteiger partial charge in [-0.3, -0.25) is 4.79 Å². The number of benzene rings is 2. The maximum atomic E-state index is 13.2. The predicted molar refractivity (Wildman–Crippen MR) is 121 cm³/mol. The van der Waals surface area contributed by atoms with Crippen molar-refractivity contribution in [2.75, 3.05) is 32.1 Å². The molecule has 31 heavy (non-hydrogen) atoms. The minimum absolute atomic E-state index is 0.0356. The molecule has 0 saturated carbocycles. The van der Waals surface area contributed by atoms with Crippen LogP contribution in [-0.4, -0.2) is 45.4 Å². The summed E-state index contributed by atoms with van der Waals surface area (Å²) < 4.78 is 38.5. The number of carbonyl (C=O) groups excluding carboxylic acids is 1. The number of piperidine rings is 1. The molecule has 0 unspecified atom stereocenters. The second-order valence-corrected chi connectivity index (χ2v) is 9.82. The Hall–Kier alpha value is -2.00. The van der Waals surface area contributed by atoms with Gasteiger partial charge in [-0.05, 0) is 56.2 Å². The molecule has 1 fully saturated rings. The van der Waals surface area contributed by atoms with Crippen LogP contribution in [0.4, 0.5) is 5.69 Å². The van der Waals surface area contributed by atoms with Gasteiger partial charge in [0.1, 0.15) is 16.4 Å². The summed E-state index contributed by atoms with van der Waals surface area (Å²) in [7, 11) is -2.30. The highest BCUT2D eigenvalue weighted by Crippen LogP contribution is 2.33. The number of hydrogen-bond donors (Lipinski definition) is 1. The van der Waals surface area contributed by atoms with Gasteiger partial charge in [-0.15, -0.1) is 0 Å². The fraction of sp³-hybridized carbons (Fsp3) is 0.381. The Morgan fingerprint density at radius 3 is 2.32 bits per heavy atom. The van der Waals surface area contributed by atoms with Crippen molar-refractivity contribution in [1.82, 2.24) is 4.31 Å². The Bertz CT molecular complexity index is 1050. The third-order valence-corrected chi connectivity index (χ3v) is 7.46. The Morgan fingerprint density at radius 2 is 1.71 bits per heavy atom. The first-order valence-corrected chi connectivity index (χ1v) is 12.0. The molecule has 1 aliphatic heterocycles. The van der Waals surface area contributed by atoms with Gasteiger partial charge in [0.15, 0.2) is 0 Å². The third-order valence-electron chi connectivity index (χ3n) is 5.07. The van der Waals surface area contributed by atoms with Gasteiger partial charge >= 0.3 is 0 Å². The van der Waals surface area contributed by atoms with E-state index < -0.39 is 10.0 Å². The maximum absolute atomic E-state index is 13.2. The minimum Gasteiger partial charge on any atom is -0.495 e. The number of methoxy groups -OCH3 is 1. The summed E-state index contributed by atoms with van der Waals surface area (Å²) in [6, 6.07) is 9.50. The topological polar surface area (TPSA) is 84.9 Å². The molecule has 0 aromatic heterocycles. The van der Waals surface area contributed by atoms with Crippen molar-refractivity contribution in [2.45, 2.75) is 24.7 Å². The van der Waals surface area contributed by atoms with Gasteiger partial charge in [0.05, 0.1) is 19.4 Å². The van der Waals surface area contributed by atoms with E-state index in [0.29, 0.717) is 40.9 Å². The fourth-order valence-electron chi connectivity index (χ4n) is 3.47. The number of ether oxygens (including phenoxy) is 2. The SMILES string of the molecule is CCOc1ccc(Cl)cc1S(=O)(=O)N1CCC(C(=O)Nc2cc(Cl)ccc2OC)CC1. The Morgan fingerprint density at radius 1 is 1.10 bits per heavy atom. The molecule has 0 bridgehead atoms. The Labute approximate surface area is 192 Å². The van der Waals surface area contributed by atoms with Crippen LogP contribution < -0.4 is 14.8 Å². The second-order valence-electron chi connectivity index (χ2n) is 7.04. The minimum atomic E-state index is -3.81. The molecule has 3 rings (SSSR count). The van der Waals surface area contributed by atoms with E-state index in [2.05, 4.69) is 5.32 Å². The van der Waals surface area contributed by atoms with Gasteiger partial charge in [0.2, 0.25) is 15.9 Å². The van der Waals surface area contributed by atoms with Gasteiger partial charge in [-0.1, -0.05) is 23.2 Å². The molecular formula is C21H24Cl2N2O5S. The summed E-state index contributed by atoms with van der Waals surface area (Å²) >= 11 is 12.0. The van der Waals surface area contributed by atoms with Crippen molar-refractivity contribution in [3.8, 4) is 11.5 Å². The summed E-state index contributed by atoms with van der Waals surface area (Å²) in [6.45, 7) is 2.54. The quantitative estimate of drug-likeness (QED) is 0.624. The summed E-state index contributed by atoms with van der Waals surface area (Å²) in [5.41, 5.74) is 0.482. The highest BCUT2D eigenvalue weighted by Gasteiger charge is 2.34. The van der Waals surface area contributed by atoms with Crippen LogP contribution in [0, 0.1) is 5.92 Å². The molecule has 7 nitrogen and oxygen atoms in total. The van der Waals surface area contributed by atoms with Crippen molar-refractivity contribution < 1.29 is 22.7 Å².